The van der Waals surface area contributed by atoms with E-state index in [9.17, 15) is 18.9 Å². The zero-order valence-electron chi connectivity index (χ0n) is 16.9. The first-order valence-electron chi connectivity index (χ1n) is 10.2. The zero-order chi connectivity index (χ0) is 21.3. The van der Waals surface area contributed by atoms with Crippen molar-refractivity contribution < 1.29 is 32.9 Å². The number of phosphoric acid groups is 1. The van der Waals surface area contributed by atoms with Gasteiger partial charge in [-0.25, -0.2) is 4.57 Å². The zero-order valence-corrected chi connectivity index (χ0v) is 17.8. The van der Waals surface area contributed by atoms with Gasteiger partial charge in [-0.1, -0.05) is 12.8 Å². The molecular formula is C19H31N2O7P. The Hall–Kier alpha value is -1.54. The van der Waals surface area contributed by atoms with Gasteiger partial charge >= 0.3 is 7.82 Å². The monoisotopic (exact) mass is 430 g/mol. The van der Waals surface area contributed by atoms with E-state index in [0.29, 0.717) is 19.5 Å². The number of rotatable bonds is 12. The molecular weight excluding hydrogens is 399 g/mol. The lowest BCUT2D eigenvalue weighted by molar-refractivity contribution is -0.138. The molecule has 1 unspecified atom stereocenters. The summed E-state index contributed by atoms with van der Waals surface area (Å²) in [5, 5.41) is 2.98. The summed E-state index contributed by atoms with van der Waals surface area (Å²) in [6.45, 7) is 1.22. The minimum absolute atomic E-state index is 0.00417. The molecule has 0 aromatic rings. The summed E-state index contributed by atoms with van der Waals surface area (Å²) in [6, 6.07) is 0. The Balaban J connectivity index is 1.51. The second-order valence-electron chi connectivity index (χ2n) is 7.53. The fourth-order valence-corrected chi connectivity index (χ4v) is 4.11. The first kappa shape index (κ1) is 23.7. The van der Waals surface area contributed by atoms with Crippen LogP contribution in [0.25, 0.3) is 0 Å². The standard InChI is InChI=1S/C19H31N2O7P/c1-27-29(25,26)28-13-5-3-2-4-12-20-19(24)16-8-6-15(7-9-16)14-21-17(22)10-11-18(21)23/h10-11,15-16H,2-9,12-14H2,1H3,(H,20,24)(H,25,26). The third kappa shape index (κ3) is 8.01. The average Bonchev–Trinajstić information content (AvgIpc) is 3.02. The van der Waals surface area contributed by atoms with Crippen molar-refractivity contribution in [3.63, 3.8) is 0 Å². The van der Waals surface area contributed by atoms with Crippen LogP contribution in [-0.2, 0) is 28.0 Å². The van der Waals surface area contributed by atoms with Crippen molar-refractivity contribution in [2.45, 2.75) is 51.4 Å². The predicted molar refractivity (Wildman–Crippen MR) is 106 cm³/mol. The highest BCUT2D eigenvalue weighted by Gasteiger charge is 2.31. The van der Waals surface area contributed by atoms with E-state index in [4.69, 9.17) is 9.42 Å². The SMILES string of the molecule is COP(=O)(O)OCCCCCCNC(=O)C1CCC(CN2C(=O)C=CC2=O)CC1. The molecule has 29 heavy (non-hydrogen) atoms. The van der Waals surface area contributed by atoms with Crippen LogP contribution in [0.4, 0.5) is 0 Å². The number of nitrogens with zero attached hydrogens (tertiary/aromatic N) is 1. The summed E-state index contributed by atoms with van der Waals surface area (Å²) in [7, 11) is -2.75. The van der Waals surface area contributed by atoms with Crippen LogP contribution < -0.4 is 5.32 Å². The van der Waals surface area contributed by atoms with Gasteiger partial charge in [0.15, 0.2) is 0 Å². The third-order valence-corrected chi connectivity index (χ3v) is 6.38. The molecule has 1 saturated carbocycles. The molecule has 0 saturated heterocycles. The highest BCUT2D eigenvalue weighted by atomic mass is 31.2. The minimum Gasteiger partial charge on any atom is -0.356 e. The topological polar surface area (TPSA) is 122 Å². The Bertz CT molecular complexity index is 641. The van der Waals surface area contributed by atoms with Crippen LogP contribution in [0.1, 0.15) is 51.4 Å². The quantitative estimate of drug-likeness (QED) is 0.276. The molecule has 164 valence electrons. The molecule has 0 aromatic heterocycles. The van der Waals surface area contributed by atoms with Gasteiger partial charge in [-0.3, -0.25) is 28.3 Å². The Kier molecular flexibility index (Phi) is 9.49. The number of phosphoric ester groups is 1. The summed E-state index contributed by atoms with van der Waals surface area (Å²) in [4.78, 5) is 45.9. The van der Waals surface area contributed by atoms with Gasteiger partial charge in [0.05, 0.1) is 6.61 Å². The van der Waals surface area contributed by atoms with Gasteiger partial charge in [0.1, 0.15) is 0 Å². The summed E-state index contributed by atoms with van der Waals surface area (Å²) >= 11 is 0. The number of hydrogen-bond acceptors (Lipinski definition) is 6. The van der Waals surface area contributed by atoms with Crippen molar-refractivity contribution in [3.05, 3.63) is 12.2 Å². The fraction of sp³-hybridized carbons (Fsp3) is 0.737. The Morgan fingerprint density at radius 1 is 1.14 bits per heavy atom. The lowest BCUT2D eigenvalue weighted by Crippen LogP contribution is -2.38. The van der Waals surface area contributed by atoms with Gasteiger partial charge in [0.25, 0.3) is 11.8 Å². The second kappa shape index (κ2) is 11.6. The molecule has 3 amide bonds. The number of amides is 3. The summed E-state index contributed by atoms with van der Waals surface area (Å²) in [5.41, 5.74) is 0. The minimum atomic E-state index is -3.88. The van der Waals surface area contributed by atoms with Crippen LogP contribution in [0.3, 0.4) is 0 Å². The van der Waals surface area contributed by atoms with E-state index in [0.717, 1.165) is 52.1 Å². The number of carbonyl (C=O) groups is 3. The van der Waals surface area contributed by atoms with Crippen LogP contribution in [0.2, 0.25) is 0 Å². The summed E-state index contributed by atoms with van der Waals surface area (Å²) in [6.07, 6.45) is 9.07. The summed E-state index contributed by atoms with van der Waals surface area (Å²) in [5.74, 6) is -0.156. The Morgan fingerprint density at radius 2 is 1.76 bits per heavy atom. The van der Waals surface area contributed by atoms with Crippen LogP contribution in [0.5, 0.6) is 0 Å². The molecule has 1 fully saturated rings. The van der Waals surface area contributed by atoms with E-state index in [-0.39, 0.29) is 36.2 Å². The highest BCUT2D eigenvalue weighted by Crippen LogP contribution is 2.41. The van der Waals surface area contributed by atoms with Gasteiger partial charge < -0.3 is 10.2 Å². The number of unbranched alkanes of at least 4 members (excludes halogenated alkanes) is 3. The molecule has 2 aliphatic rings. The molecule has 10 heteroatoms. The molecule has 2 rings (SSSR count). The van der Waals surface area contributed by atoms with Crippen LogP contribution in [-0.4, -0.2) is 54.3 Å². The lowest BCUT2D eigenvalue weighted by atomic mass is 9.81. The van der Waals surface area contributed by atoms with E-state index in [1.807, 2.05) is 0 Å². The van der Waals surface area contributed by atoms with Gasteiger partial charge in [-0.05, 0) is 44.4 Å². The number of carbonyl (C=O) groups excluding carboxylic acids is 3. The molecule has 0 aromatic carbocycles. The van der Waals surface area contributed by atoms with Crippen molar-refractivity contribution in [1.82, 2.24) is 10.2 Å². The van der Waals surface area contributed by atoms with Gasteiger partial charge in [0, 0.05) is 38.3 Å². The fourth-order valence-electron chi connectivity index (χ4n) is 3.65. The van der Waals surface area contributed by atoms with Crippen molar-refractivity contribution in [3.8, 4) is 0 Å². The maximum atomic E-state index is 12.3. The molecule has 1 heterocycles. The van der Waals surface area contributed by atoms with Crippen LogP contribution in [0.15, 0.2) is 12.2 Å². The molecule has 2 N–H and O–H groups in total. The van der Waals surface area contributed by atoms with E-state index in [1.165, 1.54) is 17.1 Å². The largest absolute Gasteiger partial charge is 0.471 e. The molecule has 0 bridgehead atoms. The number of imide groups is 1. The van der Waals surface area contributed by atoms with E-state index < -0.39 is 7.82 Å². The molecule has 0 radical (unpaired) electrons. The van der Waals surface area contributed by atoms with Crippen molar-refractivity contribution in [1.29, 1.82) is 0 Å². The molecule has 1 atom stereocenters. The van der Waals surface area contributed by atoms with Crippen molar-refractivity contribution in [2.24, 2.45) is 11.8 Å². The van der Waals surface area contributed by atoms with Crippen LogP contribution in [0, 0.1) is 11.8 Å². The predicted octanol–water partition coefficient (Wildman–Crippen LogP) is 2.16. The molecule has 1 aliphatic carbocycles. The van der Waals surface area contributed by atoms with E-state index >= 15 is 0 Å². The first-order chi connectivity index (χ1) is 13.8. The number of hydrogen-bond donors (Lipinski definition) is 2. The first-order valence-corrected chi connectivity index (χ1v) is 11.7. The second-order valence-corrected chi connectivity index (χ2v) is 9.09. The van der Waals surface area contributed by atoms with E-state index in [1.54, 1.807) is 0 Å². The highest BCUT2D eigenvalue weighted by molar-refractivity contribution is 7.47. The number of nitrogens with one attached hydrogen (secondary N) is 1. The smallest absolute Gasteiger partial charge is 0.356 e. The van der Waals surface area contributed by atoms with Gasteiger partial charge in [-0.15, -0.1) is 0 Å². The maximum absolute atomic E-state index is 12.3. The van der Waals surface area contributed by atoms with Crippen molar-refractivity contribution >= 4 is 25.5 Å². The Labute approximate surface area is 171 Å². The summed E-state index contributed by atoms with van der Waals surface area (Å²) < 4.78 is 20.2. The molecule has 1 aliphatic heterocycles. The molecule has 9 nitrogen and oxygen atoms in total. The average molecular weight is 430 g/mol. The lowest BCUT2D eigenvalue weighted by Gasteiger charge is -2.30. The molecule has 0 spiro atoms. The van der Waals surface area contributed by atoms with Gasteiger partial charge in [-0.2, -0.15) is 0 Å². The maximum Gasteiger partial charge on any atom is 0.471 e. The van der Waals surface area contributed by atoms with E-state index in [2.05, 4.69) is 9.84 Å². The van der Waals surface area contributed by atoms with Gasteiger partial charge in [0.2, 0.25) is 5.91 Å². The van der Waals surface area contributed by atoms with Crippen LogP contribution >= 0.6 is 7.82 Å². The third-order valence-electron chi connectivity index (χ3n) is 5.41. The van der Waals surface area contributed by atoms with Crippen molar-refractivity contribution in [2.75, 3.05) is 26.8 Å². The Morgan fingerprint density at radius 3 is 2.38 bits per heavy atom. The normalized spacial score (nSPS) is 24.0.